The summed E-state index contributed by atoms with van der Waals surface area (Å²) in [5, 5.41) is 3.31. The zero-order chi connectivity index (χ0) is 21.5. The summed E-state index contributed by atoms with van der Waals surface area (Å²) in [4.78, 5) is 26.3. The lowest BCUT2D eigenvalue weighted by molar-refractivity contribution is -0.142. The van der Waals surface area contributed by atoms with Gasteiger partial charge in [-0.1, -0.05) is 15.9 Å². The number of rotatable bonds is 4. The van der Waals surface area contributed by atoms with Crippen LogP contribution in [0.1, 0.15) is 50.5 Å². The minimum atomic E-state index is -0.537. The van der Waals surface area contributed by atoms with Gasteiger partial charge >= 0.3 is 5.97 Å². The van der Waals surface area contributed by atoms with E-state index in [1.807, 2.05) is 19.1 Å². The summed E-state index contributed by atoms with van der Waals surface area (Å²) in [5.74, 6) is 0.328. The van der Waals surface area contributed by atoms with Gasteiger partial charge in [-0.25, -0.2) is 4.79 Å². The second kappa shape index (κ2) is 8.31. The Labute approximate surface area is 188 Å². The number of ketones is 1. The summed E-state index contributed by atoms with van der Waals surface area (Å²) in [6, 6.07) is 3.69. The monoisotopic (exact) mass is 489 g/mol. The highest BCUT2D eigenvalue weighted by molar-refractivity contribution is 9.10. The number of Topliss-reactive ketones (excluding diaryl/α,β-unsaturated/α-hetero) is 1. The fourth-order valence-electron chi connectivity index (χ4n) is 4.74. The number of fused-ring (bicyclic) bond motifs is 1. The molecule has 2 atom stereocenters. The number of hydrogen-bond acceptors (Lipinski definition) is 7. The van der Waals surface area contributed by atoms with Gasteiger partial charge in [0.15, 0.2) is 17.3 Å². The van der Waals surface area contributed by atoms with Gasteiger partial charge in [0, 0.05) is 40.4 Å². The van der Waals surface area contributed by atoms with Crippen LogP contribution >= 0.6 is 15.9 Å². The molecule has 0 bridgehead atoms. The molecule has 3 aliphatic heterocycles. The highest BCUT2D eigenvalue weighted by Crippen LogP contribution is 2.48. The number of halogens is 1. The smallest absolute Gasteiger partial charge is 0.336 e. The van der Waals surface area contributed by atoms with Crippen LogP contribution in [0.3, 0.4) is 0 Å². The topological polar surface area (TPSA) is 83.1 Å². The predicted octanol–water partition coefficient (Wildman–Crippen LogP) is 3.87. The minimum Gasteiger partial charge on any atom is -0.459 e. The van der Waals surface area contributed by atoms with Crippen molar-refractivity contribution in [3.05, 3.63) is 44.7 Å². The molecule has 0 aromatic heterocycles. The van der Waals surface area contributed by atoms with E-state index < -0.39 is 11.9 Å². The van der Waals surface area contributed by atoms with Crippen molar-refractivity contribution in [2.24, 2.45) is 0 Å². The number of carbonyl (C=O) groups is 2. The molecule has 0 unspecified atom stereocenters. The van der Waals surface area contributed by atoms with E-state index in [1.165, 1.54) is 0 Å². The number of benzene rings is 1. The molecule has 4 aliphatic rings. The van der Waals surface area contributed by atoms with Crippen LogP contribution in [0.4, 0.5) is 0 Å². The minimum absolute atomic E-state index is 0.0558. The van der Waals surface area contributed by atoms with Crippen LogP contribution in [0.5, 0.6) is 11.5 Å². The molecule has 0 saturated carbocycles. The van der Waals surface area contributed by atoms with E-state index in [0.29, 0.717) is 41.4 Å². The molecular weight excluding hydrogens is 466 g/mol. The number of ether oxygens (including phenoxy) is 4. The summed E-state index contributed by atoms with van der Waals surface area (Å²) in [7, 11) is 0. The van der Waals surface area contributed by atoms with Crippen LogP contribution in [0.15, 0.2) is 39.1 Å². The Morgan fingerprint density at radius 1 is 1.23 bits per heavy atom. The van der Waals surface area contributed by atoms with Crippen LogP contribution in [-0.2, 0) is 19.1 Å². The zero-order valence-electron chi connectivity index (χ0n) is 17.3. The van der Waals surface area contributed by atoms with Crippen molar-refractivity contribution >= 4 is 27.7 Å². The first kappa shape index (κ1) is 20.6. The van der Waals surface area contributed by atoms with Gasteiger partial charge in [0.25, 0.3) is 0 Å². The number of esters is 1. The number of allylic oxidation sites excluding steroid dienone is 3. The Morgan fingerprint density at radius 3 is 2.81 bits per heavy atom. The normalized spacial score (nSPS) is 24.9. The molecule has 7 nitrogen and oxygen atoms in total. The first-order chi connectivity index (χ1) is 15.0. The molecule has 0 radical (unpaired) electrons. The molecule has 0 spiro atoms. The highest BCUT2D eigenvalue weighted by atomic mass is 79.9. The third-order valence-electron chi connectivity index (χ3n) is 6.22. The molecule has 1 aliphatic carbocycles. The van der Waals surface area contributed by atoms with Gasteiger partial charge in [-0.15, -0.1) is 0 Å². The predicted molar refractivity (Wildman–Crippen MR) is 115 cm³/mol. The molecule has 1 aromatic carbocycles. The van der Waals surface area contributed by atoms with Gasteiger partial charge in [-0.05, 0) is 50.3 Å². The van der Waals surface area contributed by atoms with Gasteiger partial charge < -0.3 is 24.3 Å². The summed E-state index contributed by atoms with van der Waals surface area (Å²) < 4.78 is 23.1. The molecular formula is C23H24BrNO6. The lowest BCUT2D eigenvalue weighted by Gasteiger charge is -2.34. The molecule has 8 heteroatoms. The molecule has 1 N–H and O–H groups in total. The van der Waals surface area contributed by atoms with Crippen LogP contribution in [0, 0.1) is 0 Å². The van der Waals surface area contributed by atoms with E-state index in [0.717, 1.165) is 41.4 Å². The van der Waals surface area contributed by atoms with E-state index in [1.54, 1.807) is 0 Å². The van der Waals surface area contributed by atoms with Gasteiger partial charge in [-0.3, -0.25) is 4.79 Å². The van der Waals surface area contributed by atoms with E-state index in [4.69, 9.17) is 18.9 Å². The second-order valence-electron chi connectivity index (χ2n) is 8.23. The first-order valence-electron chi connectivity index (χ1n) is 10.6. The fourth-order valence-corrected chi connectivity index (χ4v) is 5.29. The Morgan fingerprint density at radius 2 is 2.03 bits per heavy atom. The van der Waals surface area contributed by atoms with Crippen molar-refractivity contribution < 1.29 is 28.5 Å². The summed E-state index contributed by atoms with van der Waals surface area (Å²) >= 11 is 3.63. The maximum absolute atomic E-state index is 13.3. The van der Waals surface area contributed by atoms with Gasteiger partial charge in [0.1, 0.15) is 6.61 Å². The van der Waals surface area contributed by atoms with Crippen molar-refractivity contribution in [1.82, 2.24) is 5.32 Å². The molecule has 1 aromatic rings. The Kier molecular flexibility index (Phi) is 5.52. The van der Waals surface area contributed by atoms with E-state index >= 15 is 0 Å². The number of carbonyl (C=O) groups excluding carboxylic acids is 2. The molecule has 1 saturated heterocycles. The van der Waals surface area contributed by atoms with Crippen molar-refractivity contribution in [2.45, 2.75) is 51.0 Å². The molecule has 3 heterocycles. The lowest BCUT2D eigenvalue weighted by Crippen LogP contribution is -2.35. The van der Waals surface area contributed by atoms with Crippen molar-refractivity contribution in [1.29, 1.82) is 0 Å². The molecule has 5 rings (SSSR count). The largest absolute Gasteiger partial charge is 0.459 e. The summed E-state index contributed by atoms with van der Waals surface area (Å²) in [6.07, 6.45) is 3.83. The lowest BCUT2D eigenvalue weighted by atomic mass is 9.75. The first-order valence-corrected chi connectivity index (χ1v) is 11.4. The molecule has 0 amide bonds. The molecule has 164 valence electrons. The molecule has 31 heavy (non-hydrogen) atoms. The maximum atomic E-state index is 13.3. The number of dihydropyridines is 1. The van der Waals surface area contributed by atoms with E-state index in [-0.39, 0.29) is 25.3 Å². The summed E-state index contributed by atoms with van der Waals surface area (Å²) in [5.41, 5.74) is 3.48. The third-order valence-corrected chi connectivity index (χ3v) is 6.91. The van der Waals surface area contributed by atoms with Crippen LogP contribution in [0.2, 0.25) is 0 Å². The quantitative estimate of drug-likeness (QED) is 0.642. The van der Waals surface area contributed by atoms with Crippen LogP contribution in [-0.4, -0.2) is 37.9 Å². The van der Waals surface area contributed by atoms with E-state index in [2.05, 4.69) is 21.2 Å². The van der Waals surface area contributed by atoms with Crippen molar-refractivity contribution in [3.8, 4) is 11.5 Å². The zero-order valence-corrected chi connectivity index (χ0v) is 18.9. The van der Waals surface area contributed by atoms with Gasteiger partial charge in [0.05, 0.1) is 11.7 Å². The average Bonchev–Trinajstić information content (AvgIpc) is 3.42. The third kappa shape index (κ3) is 3.76. The summed E-state index contributed by atoms with van der Waals surface area (Å²) in [6.45, 7) is 2.92. The van der Waals surface area contributed by atoms with E-state index in [9.17, 15) is 9.59 Å². The number of nitrogens with one attached hydrogen (secondary N) is 1. The average molecular weight is 490 g/mol. The Hall–Kier alpha value is -2.32. The maximum Gasteiger partial charge on any atom is 0.336 e. The fraction of sp³-hybridized carbons (Fsp3) is 0.478. The van der Waals surface area contributed by atoms with Crippen molar-refractivity contribution in [3.63, 3.8) is 0 Å². The Bertz CT molecular complexity index is 1010. The SMILES string of the molecule is CC1=C(C(=O)OC[C@H]2CCCO2)[C@@H](c2cc3c(cc2Br)OCO3)C2=C(CCCC2=O)N1. The van der Waals surface area contributed by atoms with Crippen LogP contribution in [0.25, 0.3) is 0 Å². The second-order valence-corrected chi connectivity index (χ2v) is 9.08. The molecule has 1 fully saturated rings. The Balaban J connectivity index is 1.55. The number of hydrogen-bond donors (Lipinski definition) is 1. The van der Waals surface area contributed by atoms with Crippen LogP contribution < -0.4 is 14.8 Å². The van der Waals surface area contributed by atoms with Crippen molar-refractivity contribution in [2.75, 3.05) is 20.0 Å². The standard InChI is InChI=1S/C23H24BrNO6/c1-12-20(23(27)29-10-13-4-3-7-28-13)21(22-16(25-12)5-2-6-17(22)26)14-8-18-19(9-15(14)24)31-11-30-18/h8-9,13,21,25H,2-7,10-11H2,1H3/t13-,21-/m1/s1. The highest BCUT2D eigenvalue weighted by Gasteiger charge is 2.40. The van der Waals surface area contributed by atoms with Gasteiger partial charge in [-0.2, -0.15) is 0 Å². The van der Waals surface area contributed by atoms with Gasteiger partial charge in [0.2, 0.25) is 6.79 Å².